The summed E-state index contributed by atoms with van der Waals surface area (Å²) in [5, 5.41) is 0. The molecule has 1 atom stereocenters. The molecule has 0 aromatic heterocycles. The lowest BCUT2D eigenvalue weighted by Crippen LogP contribution is -2.56. The van der Waals surface area contributed by atoms with Crippen molar-refractivity contribution < 1.29 is 9.53 Å². The van der Waals surface area contributed by atoms with E-state index in [0.29, 0.717) is 12.2 Å². The third-order valence-corrected chi connectivity index (χ3v) is 4.61. The fourth-order valence-corrected chi connectivity index (χ4v) is 3.37. The van der Waals surface area contributed by atoms with E-state index in [-0.39, 0.29) is 11.5 Å². The summed E-state index contributed by atoms with van der Waals surface area (Å²) >= 11 is 0. The molecule has 0 heterocycles. The average molecular weight is 238 g/mol. The first-order chi connectivity index (χ1) is 8.29. The van der Waals surface area contributed by atoms with Crippen LogP contribution in [0.2, 0.25) is 0 Å². The van der Waals surface area contributed by atoms with Crippen LogP contribution < -0.4 is 0 Å². The average Bonchev–Trinajstić information content (AvgIpc) is 2.38. The highest BCUT2D eigenvalue weighted by Crippen LogP contribution is 2.50. The van der Waals surface area contributed by atoms with Crippen LogP contribution in [0, 0.1) is 5.41 Å². The molecular weight excluding hydrogens is 212 g/mol. The van der Waals surface area contributed by atoms with Crippen LogP contribution in [-0.2, 0) is 9.53 Å². The highest BCUT2D eigenvalue weighted by Gasteiger charge is 2.55. The smallest absolute Gasteiger partial charge is 0.144 e. The van der Waals surface area contributed by atoms with E-state index in [1.807, 2.05) is 0 Å². The summed E-state index contributed by atoms with van der Waals surface area (Å²) < 4.78 is 5.97. The number of rotatable bonds is 6. The summed E-state index contributed by atoms with van der Waals surface area (Å²) in [6, 6.07) is 0. The van der Waals surface area contributed by atoms with Crippen LogP contribution in [0.15, 0.2) is 0 Å². The molecule has 1 unspecified atom stereocenters. The third kappa shape index (κ3) is 2.73. The molecule has 0 bridgehead atoms. The van der Waals surface area contributed by atoms with Crippen molar-refractivity contribution in [3.05, 3.63) is 0 Å². The first-order valence-corrected chi connectivity index (χ1v) is 7.44. The largest absolute Gasteiger partial charge is 0.377 e. The van der Waals surface area contributed by atoms with Gasteiger partial charge in [0.15, 0.2) is 0 Å². The summed E-state index contributed by atoms with van der Waals surface area (Å²) in [5.74, 6) is 0.482. The van der Waals surface area contributed by atoms with E-state index in [0.717, 1.165) is 25.9 Å². The SMILES string of the molecule is CCCCCCOC1CC(=O)C12CCCCC2. The molecule has 2 rings (SSSR count). The van der Waals surface area contributed by atoms with Crippen molar-refractivity contribution in [1.82, 2.24) is 0 Å². The summed E-state index contributed by atoms with van der Waals surface area (Å²) in [4.78, 5) is 11.9. The quantitative estimate of drug-likeness (QED) is 0.656. The van der Waals surface area contributed by atoms with Crippen molar-refractivity contribution >= 4 is 5.78 Å². The zero-order chi connectivity index (χ0) is 12.1. The predicted octanol–water partition coefficient (Wildman–Crippen LogP) is 3.88. The Kier molecular flexibility index (Phi) is 4.61. The number of unbranched alkanes of at least 4 members (excludes halogenated alkanes) is 3. The van der Waals surface area contributed by atoms with Gasteiger partial charge in [-0.3, -0.25) is 4.79 Å². The molecule has 2 fully saturated rings. The lowest BCUT2D eigenvalue weighted by molar-refractivity contribution is -0.169. The summed E-state index contributed by atoms with van der Waals surface area (Å²) in [6.07, 6.45) is 11.9. The second-order valence-electron chi connectivity index (χ2n) is 5.76. The highest BCUT2D eigenvalue weighted by atomic mass is 16.5. The Bertz CT molecular complexity index is 254. The van der Waals surface area contributed by atoms with Crippen molar-refractivity contribution in [2.45, 2.75) is 77.2 Å². The van der Waals surface area contributed by atoms with Crippen LogP contribution in [0.4, 0.5) is 0 Å². The number of ether oxygens (including phenoxy) is 1. The Morgan fingerprint density at radius 1 is 1.18 bits per heavy atom. The van der Waals surface area contributed by atoms with Gasteiger partial charge < -0.3 is 4.74 Å². The molecule has 2 aliphatic rings. The number of Topliss-reactive ketones (excluding diaryl/α,β-unsaturated/α-hetero) is 1. The number of carbonyl (C=O) groups is 1. The molecule has 0 radical (unpaired) electrons. The minimum Gasteiger partial charge on any atom is -0.377 e. The maximum atomic E-state index is 11.9. The maximum Gasteiger partial charge on any atom is 0.144 e. The molecule has 0 N–H and O–H groups in total. The highest BCUT2D eigenvalue weighted by molar-refractivity contribution is 5.92. The van der Waals surface area contributed by atoms with Crippen molar-refractivity contribution in [3.8, 4) is 0 Å². The molecule has 0 saturated heterocycles. The van der Waals surface area contributed by atoms with Crippen molar-refractivity contribution in [1.29, 1.82) is 0 Å². The number of hydrogen-bond acceptors (Lipinski definition) is 2. The fraction of sp³-hybridized carbons (Fsp3) is 0.933. The van der Waals surface area contributed by atoms with Crippen molar-refractivity contribution in [2.75, 3.05) is 6.61 Å². The molecule has 0 amide bonds. The Labute approximate surface area is 105 Å². The molecule has 0 aromatic carbocycles. The second-order valence-corrected chi connectivity index (χ2v) is 5.76. The van der Waals surface area contributed by atoms with Gasteiger partial charge in [-0.2, -0.15) is 0 Å². The number of hydrogen-bond donors (Lipinski definition) is 0. The third-order valence-electron chi connectivity index (χ3n) is 4.61. The number of ketones is 1. The zero-order valence-corrected chi connectivity index (χ0v) is 11.2. The zero-order valence-electron chi connectivity index (χ0n) is 11.2. The molecule has 0 aliphatic heterocycles. The molecule has 17 heavy (non-hydrogen) atoms. The number of carbonyl (C=O) groups excluding carboxylic acids is 1. The minimum absolute atomic E-state index is 0.0387. The lowest BCUT2D eigenvalue weighted by atomic mass is 9.57. The topological polar surface area (TPSA) is 26.3 Å². The molecular formula is C15H26O2. The predicted molar refractivity (Wildman–Crippen MR) is 69.0 cm³/mol. The fourth-order valence-electron chi connectivity index (χ4n) is 3.37. The van der Waals surface area contributed by atoms with Gasteiger partial charge in [0.2, 0.25) is 0 Å². The van der Waals surface area contributed by atoms with Crippen molar-refractivity contribution in [2.24, 2.45) is 5.41 Å². The van der Waals surface area contributed by atoms with Gasteiger partial charge >= 0.3 is 0 Å². The normalized spacial score (nSPS) is 27.1. The van der Waals surface area contributed by atoms with Gasteiger partial charge in [-0.1, -0.05) is 45.4 Å². The molecule has 2 heteroatoms. The maximum absolute atomic E-state index is 11.9. The summed E-state index contributed by atoms with van der Waals surface area (Å²) in [5.41, 5.74) is -0.0387. The van der Waals surface area contributed by atoms with E-state index in [2.05, 4.69) is 6.92 Å². The first-order valence-electron chi connectivity index (χ1n) is 7.44. The van der Waals surface area contributed by atoms with Gasteiger partial charge in [-0.05, 0) is 19.3 Å². The van der Waals surface area contributed by atoms with Crippen molar-refractivity contribution in [3.63, 3.8) is 0 Å². The molecule has 0 aromatic rings. The molecule has 98 valence electrons. The molecule has 2 nitrogen and oxygen atoms in total. The lowest BCUT2D eigenvalue weighted by Gasteiger charge is -2.49. The van der Waals surface area contributed by atoms with Crippen LogP contribution in [0.25, 0.3) is 0 Å². The van der Waals surface area contributed by atoms with E-state index >= 15 is 0 Å². The van der Waals surface area contributed by atoms with Gasteiger partial charge in [-0.15, -0.1) is 0 Å². The Morgan fingerprint density at radius 2 is 1.94 bits per heavy atom. The van der Waals surface area contributed by atoms with Crippen LogP contribution >= 0.6 is 0 Å². The first kappa shape index (κ1) is 13.1. The van der Waals surface area contributed by atoms with Crippen LogP contribution in [-0.4, -0.2) is 18.5 Å². The second kappa shape index (κ2) is 5.99. The van der Waals surface area contributed by atoms with E-state index in [9.17, 15) is 4.79 Å². The standard InChI is InChI=1S/C15H26O2/c1-2-3-4-8-11-17-14-12-13(16)15(14)9-6-5-7-10-15/h14H,2-12H2,1H3. The van der Waals surface area contributed by atoms with Gasteiger partial charge in [-0.25, -0.2) is 0 Å². The molecule has 1 spiro atoms. The monoisotopic (exact) mass is 238 g/mol. The Balaban J connectivity index is 1.72. The van der Waals surface area contributed by atoms with Crippen LogP contribution in [0.1, 0.15) is 71.1 Å². The van der Waals surface area contributed by atoms with Gasteiger partial charge in [0.05, 0.1) is 11.5 Å². The van der Waals surface area contributed by atoms with Crippen LogP contribution in [0.3, 0.4) is 0 Å². The van der Waals surface area contributed by atoms with Crippen LogP contribution in [0.5, 0.6) is 0 Å². The van der Waals surface area contributed by atoms with E-state index in [1.165, 1.54) is 38.5 Å². The summed E-state index contributed by atoms with van der Waals surface area (Å²) in [7, 11) is 0. The molecule has 2 saturated carbocycles. The Morgan fingerprint density at radius 3 is 2.59 bits per heavy atom. The molecule has 2 aliphatic carbocycles. The minimum atomic E-state index is -0.0387. The Hall–Kier alpha value is -0.370. The van der Waals surface area contributed by atoms with Gasteiger partial charge in [0, 0.05) is 13.0 Å². The van der Waals surface area contributed by atoms with E-state index < -0.39 is 0 Å². The summed E-state index contributed by atoms with van der Waals surface area (Å²) in [6.45, 7) is 3.09. The van der Waals surface area contributed by atoms with Gasteiger partial charge in [0.1, 0.15) is 5.78 Å². The van der Waals surface area contributed by atoms with E-state index in [1.54, 1.807) is 0 Å². The van der Waals surface area contributed by atoms with Gasteiger partial charge in [0.25, 0.3) is 0 Å². The van der Waals surface area contributed by atoms with E-state index in [4.69, 9.17) is 4.74 Å².